The van der Waals surface area contributed by atoms with Gasteiger partial charge in [-0.05, 0) is 30.3 Å². The highest BCUT2D eigenvalue weighted by molar-refractivity contribution is 6.11. The fourth-order valence-corrected chi connectivity index (χ4v) is 2.61. The zero-order valence-electron chi connectivity index (χ0n) is 12.0. The summed E-state index contributed by atoms with van der Waals surface area (Å²) in [6, 6.07) is 14.4. The second-order valence-electron chi connectivity index (χ2n) is 5.18. The van der Waals surface area contributed by atoms with Gasteiger partial charge in [-0.2, -0.15) is 5.10 Å². The maximum absolute atomic E-state index is 12.5. The number of H-pyrrole nitrogens is 2. The molecule has 4 aromatic rings. The number of carbonyl (C=O) groups is 1. The van der Waals surface area contributed by atoms with Crippen molar-refractivity contribution in [1.29, 1.82) is 0 Å². The zero-order chi connectivity index (χ0) is 15.8. The van der Waals surface area contributed by atoms with Crippen LogP contribution in [-0.4, -0.2) is 21.1 Å². The molecule has 0 fully saturated rings. The molecule has 0 atom stereocenters. The standard InChI is InChI=1S/C17H12N4O2/c22-16-13-4-2-1-3-12(13)15(20-21-16)17(23)19-11-5-6-14-10(9-11)7-8-18-14/h1-9,18H,(H,19,23)(H,21,22). The first-order valence-corrected chi connectivity index (χ1v) is 7.08. The highest BCUT2D eigenvalue weighted by Gasteiger charge is 2.14. The van der Waals surface area contributed by atoms with E-state index in [1.807, 2.05) is 30.5 Å². The minimum absolute atomic E-state index is 0.189. The summed E-state index contributed by atoms with van der Waals surface area (Å²) < 4.78 is 0. The number of aromatic amines is 2. The summed E-state index contributed by atoms with van der Waals surface area (Å²) in [7, 11) is 0. The van der Waals surface area contributed by atoms with Crippen LogP contribution >= 0.6 is 0 Å². The summed E-state index contributed by atoms with van der Waals surface area (Å²) in [6.07, 6.45) is 1.84. The molecule has 0 radical (unpaired) electrons. The molecule has 0 aliphatic rings. The minimum Gasteiger partial charge on any atom is -0.361 e. The Kier molecular flexibility index (Phi) is 2.94. The number of hydrogen-bond donors (Lipinski definition) is 3. The second kappa shape index (κ2) is 5.10. The van der Waals surface area contributed by atoms with E-state index in [2.05, 4.69) is 20.5 Å². The molecule has 1 amide bonds. The van der Waals surface area contributed by atoms with Crippen molar-refractivity contribution in [2.45, 2.75) is 0 Å². The predicted molar refractivity (Wildman–Crippen MR) is 88.6 cm³/mol. The number of rotatable bonds is 2. The van der Waals surface area contributed by atoms with Gasteiger partial charge >= 0.3 is 0 Å². The van der Waals surface area contributed by atoms with E-state index in [1.54, 1.807) is 24.3 Å². The Labute approximate surface area is 130 Å². The van der Waals surface area contributed by atoms with Gasteiger partial charge in [0.1, 0.15) is 0 Å². The molecule has 0 aliphatic carbocycles. The van der Waals surface area contributed by atoms with Crippen LogP contribution in [0.15, 0.2) is 59.5 Å². The highest BCUT2D eigenvalue weighted by Crippen LogP contribution is 2.19. The Morgan fingerprint density at radius 1 is 1.04 bits per heavy atom. The van der Waals surface area contributed by atoms with Crippen LogP contribution < -0.4 is 10.9 Å². The van der Waals surface area contributed by atoms with E-state index < -0.39 is 0 Å². The lowest BCUT2D eigenvalue weighted by Crippen LogP contribution is -2.19. The number of fused-ring (bicyclic) bond motifs is 2. The maximum Gasteiger partial charge on any atom is 0.276 e. The topological polar surface area (TPSA) is 90.6 Å². The van der Waals surface area contributed by atoms with Gasteiger partial charge < -0.3 is 10.3 Å². The number of anilines is 1. The van der Waals surface area contributed by atoms with Crippen LogP contribution in [0.25, 0.3) is 21.7 Å². The quantitative estimate of drug-likeness (QED) is 0.531. The van der Waals surface area contributed by atoms with Gasteiger partial charge in [-0.15, -0.1) is 0 Å². The molecule has 2 aromatic carbocycles. The molecule has 0 spiro atoms. The van der Waals surface area contributed by atoms with E-state index >= 15 is 0 Å². The van der Waals surface area contributed by atoms with E-state index in [4.69, 9.17) is 0 Å². The molecule has 23 heavy (non-hydrogen) atoms. The Bertz CT molecular complexity index is 1090. The van der Waals surface area contributed by atoms with E-state index in [0.717, 1.165) is 10.9 Å². The van der Waals surface area contributed by atoms with Crippen LogP contribution in [0.1, 0.15) is 10.5 Å². The first-order valence-electron chi connectivity index (χ1n) is 7.08. The van der Waals surface area contributed by atoms with Crippen molar-refractivity contribution < 1.29 is 4.79 Å². The molecule has 0 saturated heterocycles. The number of nitrogens with one attached hydrogen (secondary N) is 3. The third-order valence-corrected chi connectivity index (χ3v) is 3.72. The average Bonchev–Trinajstić information content (AvgIpc) is 3.03. The van der Waals surface area contributed by atoms with Crippen molar-refractivity contribution in [3.63, 3.8) is 0 Å². The molecule has 2 heterocycles. The fourth-order valence-electron chi connectivity index (χ4n) is 2.61. The van der Waals surface area contributed by atoms with Crippen molar-refractivity contribution in [2.75, 3.05) is 5.32 Å². The molecule has 0 saturated carbocycles. The lowest BCUT2D eigenvalue weighted by molar-refractivity contribution is 0.102. The average molecular weight is 304 g/mol. The van der Waals surface area contributed by atoms with E-state index in [-0.39, 0.29) is 17.2 Å². The second-order valence-corrected chi connectivity index (χ2v) is 5.18. The molecule has 4 rings (SSSR count). The monoisotopic (exact) mass is 304 g/mol. The third-order valence-electron chi connectivity index (χ3n) is 3.72. The van der Waals surface area contributed by atoms with Crippen molar-refractivity contribution in [3.05, 3.63) is 70.8 Å². The summed E-state index contributed by atoms with van der Waals surface area (Å²) in [6.45, 7) is 0. The molecule has 0 unspecified atom stereocenters. The van der Waals surface area contributed by atoms with Gasteiger partial charge in [-0.3, -0.25) is 9.59 Å². The van der Waals surface area contributed by atoms with Gasteiger partial charge in [-0.25, -0.2) is 5.10 Å². The SMILES string of the molecule is O=C(Nc1ccc2[nH]ccc2c1)c1n[nH]c(=O)c2ccccc12. The van der Waals surface area contributed by atoms with Crippen LogP contribution in [-0.2, 0) is 0 Å². The summed E-state index contributed by atoms with van der Waals surface area (Å²) in [4.78, 5) is 27.4. The molecular weight excluding hydrogens is 292 g/mol. The van der Waals surface area contributed by atoms with Gasteiger partial charge in [0.05, 0.1) is 5.39 Å². The summed E-state index contributed by atoms with van der Waals surface area (Å²) >= 11 is 0. The lowest BCUT2D eigenvalue weighted by atomic mass is 10.1. The predicted octanol–water partition coefficient (Wildman–Crippen LogP) is 2.66. The lowest BCUT2D eigenvalue weighted by Gasteiger charge is -2.07. The van der Waals surface area contributed by atoms with Crippen LogP contribution in [0.3, 0.4) is 0 Å². The van der Waals surface area contributed by atoms with E-state index in [0.29, 0.717) is 16.5 Å². The van der Waals surface area contributed by atoms with Crippen LogP contribution in [0, 0.1) is 0 Å². The molecule has 0 aliphatic heterocycles. The maximum atomic E-state index is 12.5. The van der Waals surface area contributed by atoms with Crippen molar-refractivity contribution >= 4 is 33.3 Å². The molecule has 3 N–H and O–H groups in total. The van der Waals surface area contributed by atoms with Gasteiger partial charge in [0.2, 0.25) is 0 Å². The summed E-state index contributed by atoms with van der Waals surface area (Å²) in [5.74, 6) is -0.368. The first kappa shape index (κ1) is 13.3. The third kappa shape index (κ3) is 2.26. The van der Waals surface area contributed by atoms with E-state index in [9.17, 15) is 9.59 Å². The number of aromatic nitrogens is 3. The highest BCUT2D eigenvalue weighted by atomic mass is 16.2. The fraction of sp³-hybridized carbons (Fsp3) is 0. The van der Waals surface area contributed by atoms with Crippen molar-refractivity contribution in [3.8, 4) is 0 Å². The van der Waals surface area contributed by atoms with Crippen LogP contribution in [0.4, 0.5) is 5.69 Å². The molecule has 6 heteroatoms. The first-order chi connectivity index (χ1) is 11.2. The smallest absolute Gasteiger partial charge is 0.276 e. The van der Waals surface area contributed by atoms with Crippen molar-refractivity contribution in [1.82, 2.24) is 15.2 Å². The number of nitrogens with zero attached hydrogens (tertiary/aromatic N) is 1. The molecular formula is C17H12N4O2. The Morgan fingerprint density at radius 2 is 1.87 bits per heavy atom. The number of amides is 1. The van der Waals surface area contributed by atoms with Crippen molar-refractivity contribution in [2.24, 2.45) is 0 Å². The zero-order valence-corrected chi connectivity index (χ0v) is 12.0. The Balaban J connectivity index is 1.74. The van der Waals surface area contributed by atoms with Gasteiger partial charge in [0.15, 0.2) is 5.69 Å². The Hall–Kier alpha value is -3.41. The van der Waals surface area contributed by atoms with Gasteiger partial charge in [-0.1, -0.05) is 18.2 Å². The molecule has 112 valence electrons. The van der Waals surface area contributed by atoms with Gasteiger partial charge in [0, 0.05) is 28.2 Å². The minimum atomic E-state index is -0.368. The molecule has 2 aromatic heterocycles. The van der Waals surface area contributed by atoms with E-state index in [1.165, 1.54) is 0 Å². The number of carbonyl (C=O) groups excluding carboxylic acids is 1. The normalized spacial score (nSPS) is 11.0. The van der Waals surface area contributed by atoms with Crippen LogP contribution in [0.2, 0.25) is 0 Å². The van der Waals surface area contributed by atoms with Gasteiger partial charge in [0.25, 0.3) is 11.5 Å². The summed E-state index contributed by atoms with van der Waals surface area (Å²) in [5.41, 5.74) is 1.54. The molecule has 6 nitrogen and oxygen atoms in total. The summed E-state index contributed by atoms with van der Waals surface area (Å²) in [5, 5.41) is 11.0. The van der Waals surface area contributed by atoms with Crippen LogP contribution in [0.5, 0.6) is 0 Å². The number of hydrogen-bond acceptors (Lipinski definition) is 3. The largest absolute Gasteiger partial charge is 0.361 e. The number of benzene rings is 2. The Morgan fingerprint density at radius 3 is 2.74 bits per heavy atom. The molecule has 0 bridgehead atoms.